The molecule has 2 aliphatic heterocycles. The molecule has 28 heavy (non-hydrogen) atoms. The van der Waals surface area contributed by atoms with Crippen LogP contribution in [0.5, 0.6) is 0 Å². The van der Waals surface area contributed by atoms with E-state index in [1.165, 1.54) is 16.7 Å². The molecule has 0 aliphatic carbocycles. The maximum absolute atomic E-state index is 13.5. The first-order valence-corrected chi connectivity index (χ1v) is 10.5. The highest BCUT2D eigenvalue weighted by Crippen LogP contribution is 2.38. The summed E-state index contributed by atoms with van der Waals surface area (Å²) < 4.78 is 0. The number of carbonyl (C=O) groups is 3. The topological polar surface area (TPSA) is 90.0 Å². The number of hydrogen-bond acceptors (Lipinski definition) is 4. The molecule has 0 radical (unpaired) electrons. The number of carbonyl (C=O) groups excluding carboxylic acids is 2. The largest absolute Gasteiger partial charge is 0.465 e. The molecule has 1 fully saturated rings. The van der Waals surface area contributed by atoms with Gasteiger partial charge in [-0.1, -0.05) is 0 Å². The summed E-state index contributed by atoms with van der Waals surface area (Å²) in [4.78, 5) is 41.0. The van der Waals surface area contributed by atoms with Gasteiger partial charge in [-0.3, -0.25) is 9.59 Å². The van der Waals surface area contributed by atoms with E-state index in [9.17, 15) is 19.5 Å². The van der Waals surface area contributed by atoms with Gasteiger partial charge in [0.05, 0.1) is 17.0 Å². The van der Waals surface area contributed by atoms with E-state index in [0.29, 0.717) is 24.3 Å². The van der Waals surface area contributed by atoms with E-state index in [1.54, 1.807) is 11.0 Å². The lowest BCUT2D eigenvalue weighted by Crippen LogP contribution is -2.53. The van der Waals surface area contributed by atoms with Gasteiger partial charge in [0.1, 0.15) is 0 Å². The SMILES string of the molecule is Cc1cc2c(cc1C(=O)N(C(C)C)[C@@H]1CCCN(C(=O)O)C1)NC(=O)C(C)S2. The van der Waals surface area contributed by atoms with Gasteiger partial charge >= 0.3 is 6.09 Å². The lowest BCUT2D eigenvalue weighted by Gasteiger charge is -2.41. The monoisotopic (exact) mass is 405 g/mol. The fraction of sp³-hybridized carbons (Fsp3) is 0.550. The number of piperidine rings is 1. The van der Waals surface area contributed by atoms with Gasteiger partial charge in [-0.05, 0) is 58.2 Å². The van der Waals surface area contributed by atoms with Gasteiger partial charge in [0.25, 0.3) is 5.91 Å². The molecule has 0 spiro atoms. The van der Waals surface area contributed by atoms with Crippen LogP contribution < -0.4 is 5.32 Å². The lowest BCUT2D eigenvalue weighted by atomic mass is 9.99. The van der Waals surface area contributed by atoms with E-state index in [4.69, 9.17) is 0 Å². The van der Waals surface area contributed by atoms with Crippen molar-refractivity contribution >= 4 is 35.4 Å². The molecule has 0 aromatic heterocycles. The minimum absolute atomic E-state index is 0.0642. The third-order valence-electron chi connectivity index (χ3n) is 5.34. The number of nitrogens with zero attached hydrogens (tertiary/aromatic N) is 2. The Bertz CT molecular complexity index is 811. The van der Waals surface area contributed by atoms with Crippen molar-refractivity contribution in [3.05, 3.63) is 23.3 Å². The summed E-state index contributed by atoms with van der Waals surface area (Å²) in [7, 11) is 0. The van der Waals surface area contributed by atoms with Crippen LogP contribution in [0.4, 0.5) is 10.5 Å². The normalized spacial score (nSPS) is 21.9. The van der Waals surface area contributed by atoms with E-state index in [2.05, 4.69) is 5.32 Å². The Labute approximate surface area is 169 Å². The van der Waals surface area contributed by atoms with Crippen LogP contribution in [0.2, 0.25) is 0 Å². The Morgan fingerprint density at radius 1 is 1.36 bits per heavy atom. The second-order valence-corrected chi connectivity index (χ2v) is 9.13. The highest BCUT2D eigenvalue weighted by Gasteiger charge is 2.34. The Hall–Kier alpha value is -2.22. The third-order valence-corrected chi connectivity index (χ3v) is 6.50. The minimum atomic E-state index is -0.945. The number of fused-ring (bicyclic) bond motifs is 1. The van der Waals surface area contributed by atoms with Crippen molar-refractivity contribution in [2.24, 2.45) is 0 Å². The van der Waals surface area contributed by atoms with Gasteiger partial charge in [0.15, 0.2) is 0 Å². The predicted octanol–water partition coefficient (Wildman–Crippen LogP) is 3.42. The predicted molar refractivity (Wildman–Crippen MR) is 109 cm³/mol. The second-order valence-electron chi connectivity index (χ2n) is 7.74. The average molecular weight is 406 g/mol. The van der Waals surface area contributed by atoms with Crippen LogP contribution in [0.1, 0.15) is 49.5 Å². The number of anilines is 1. The van der Waals surface area contributed by atoms with E-state index < -0.39 is 6.09 Å². The number of hydrogen-bond donors (Lipinski definition) is 2. The third kappa shape index (κ3) is 3.97. The fourth-order valence-electron chi connectivity index (χ4n) is 3.90. The van der Waals surface area contributed by atoms with Crippen molar-refractivity contribution in [3.63, 3.8) is 0 Å². The molecule has 2 atom stereocenters. The minimum Gasteiger partial charge on any atom is -0.465 e. The molecule has 152 valence electrons. The summed E-state index contributed by atoms with van der Waals surface area (Å²) in [6.07, 6.45) is 0.572. The van der Waals surface area contributed by atoms with Gasteiger partial charge in [-0.25, -0.2) is 4.79 Å². The molecule has 3 rings (SSSR count). The highest BCUT2D eigenvalue weighted by atomic mass is 32.2. The summed E-state index contributed by atoms with van der Waals surface area (Å²) in [5.74, 6) is -0.185. The summed E-state index contributed by atoms with van der Waals surface area (Å²) in [6.45, 7) is 8.49. The number of amides is 3. The van der Waals surface area contributed by atoms with Crippen molar-refractivity contribution in [2.45, 2.75) is 62.8 Å². The molecule has 0 bridgehead atoms. The molecule has 1 unspecified atom stereocenters. The highest BCUT2D eigenvalue weighted by molar-refractivity contribution is 8.00. The zero-order chi connectivity index (χ0) is 20.6. The number of thioether (sulfide) groups is 1. The number of likely N-dealkylation sites (tertiary alicyclic amines) is 1. The first kappa shape index (κ1) is 20.5. The van der Waals surface area contributed by atoms with Crippen molar-refractivity contribution in [3.8, 4) is 0 Å². The number of nitrogens with one attached hydrogen (secondary N) is 1. The Morgan fingerprint density at radius 3 is 2.71 bits per heavy atom. The zero-order valence-electron chi connectivity index (χ0n) is 16.7. The Kier molecular flexibility index (Phi) is 5.88. The molecule has 7 nitrogen and oxygen atoms in total. The Morgan fingerprint density at radius 2 is 2.07 bits per heavy atom. The Balaban J connectivity index is 1.91. The standard InChI is InChI=1S/C20H27N3O4S/c1-11(2)23(14-6-5-7-22(10-14)20(26)27)19(25)15-9-16-17(8-12(15)3)28-13(4)18(24)21-16/h8-9,11,13-14H,5-7,10H2,1-4H3,(H,21,24)(H,26,27)/t13?,14-/m1/s1. The summed E-state index contributed by atoms with van der Waals surface area (Å²) in [5, 5.41) is 12.1. The number of aryl methyl sites for hydroxylation is 1. The number of carboxylic acid groups (broad SMARTS) is 1. The molecule has 2 heterocycles. The maximum Gasteiger partial charge on any atom is 0.407 e. The summed E-state index contributed by atoms with van der Waals surface area (Å²) in [6, 6.07) is 3.49. The van der Waals surface area contributed by atoms with Crippen molar-refractivity contribution < 1.29 is 19.5 Å². The van der Waals surface area contributed by atoms with Gasteiger partial charge in [-0.15, -0.1) is 11.8 Å². The molecule has 1 aromatic carbocycles. The smallest absolute Gasteiger partial charge is 0.407 e. The molecule has 1 saturated heterocycles. The second kappa shape index (κ2) is 8.03. The zero-order valence-corrected chi connectivity index (χ0v) is 17.5. The van der Waals surface area contributed by atoms with Crippen LogP contribution in [0.3, 0.4) is 0 Å². The molecule has 2 N–H and O–H groups in total. The lowest BCUT2D eigenvalue weighted by molar-refractivity contribution is -0.115. The average Bonchev–Trinajstić information content (AvgIpc) is 2.62. The fourth-order valence-corrected chi connectivity index (χ4v) is 4.93. The molecule has 0 saturated carbocycles. The van der Waals surface area contributed by atoms with Gasteiger partial charge in [0.2, 0.25) is 5.91 Å². The van der Waals surface area contributed by atoms with E-state index in [-0.39, 0.29) is 29.1 Å². The number of benzene rings is 1. The molecule has 3 amide bonds. The van der Waals surface area contributed by atoms with E-state index in [0.717, 1.165) is 23.3 Å². The molecule has 2 aliphatic rings. The van der Waals surface area contributed by atoms with Crippen molar-refractivity contribution in [2.75, 3.05) is 18.4 Å². The van der Waals surface area contributed by atoms with Gasteiger partial charge in [-0.2, -0.15) is 0 Å². The van der Waals surface area contributed by atoms with Crippen LogP contribution in [0, 0.1) is 6.92 Å². The molecular weight excluding hydrogens is 378 g/mol. The van der Waals surface area contributed by atoms with Crippen molar-refractivity contribution in [1.29, 1.82) is 0 Å². The first-order valence-electron chi connectivity index (χ1n) is 9.61. The number of rotatable bonds is 3. The summed E-state index contributed by atoms with van der Waals surface area (Å²) in [5.41, 5.74) is 2.08. The molecule has 1 aromatic rings. The molecule has 8 heteroatoms. The van der Waals surface area contributed by atoms with Gasteiger partial charge in [0, 0.05) is 29.6 Å². The van der Waals surface area contributed by atoms with Crippen LogP contribution in [0.15, 0.2) is 17.0 Å². The van der Waals surface area contributed by atoms with Crippen molar-refractivity contribution in [1.82, 2.24) is 9.80 Å². The summed E-state index contributed by atoms with van der Waals surface area (Å²) >= 11 is 1.49. The molecular formula is C20H27N3O4S. The van der Waals surface area contributed by atoms with Gasteiger partial charge < -0.3 is 20.2 Å². The van der Waals surface area contributed by atoms with E-state index in [1.807, 2.05) is 33.8 Å². The van der Waals surface area contributed by atoms with Crippen LogP contribution in [-0.4, -0.2) is 63.2 Å². The first-order chi connectivity index (χ1) is 13.2. The quantitative estimate of drug-likeness (QED) is 0.804. The van der Waals surface area contributed by atoms with Crippen LogP contribution in [0.25, 0.3) is 0 Å². The van der Waals surface area contributed by atoms with Crippen LogP contribution in [-0.2, 0) is 4.79 Å². The maximum atomic E-state index is 13.5. The van der Waals surface area contributed by atoms with Crippen LogP contribution >= 0.6 is 11.8 Å². The van der Waals surface area contributed by atoms with E-state index >= 15 is 0 Å².